The Balaban J connectivity index is 2.42. The van der Waals surface area contributed by atoms with Gasteiger partial charge in [0, 0.05) is 12.6 Å². The molecule has 0 radical (unpaired) electrons. The van der Waals surface area contributed by atoms with E-state index in [1.807, 2.05) is 0 Å². The van der Waals surface area contributed by atoms with E-state index in [1.54, 1.807) is 13.0 Å². The minimum Gasteiger partial charge on any atom is -0.326 e. The lowest BCUT2D eigenvalue weighted by Gasteiger charge is -2.10. The Kier molecular flexibility index (Phi) is 5.27. The van der Waals surface area contributed by atoms with E-state index in [1.165, 1.54) is 25.1 Å². The molecule has 0 bridgehead atoms. The highest BCUT2D eigenvalue weighted by Crippen LogP contribution is 2.33. The smallest absolute Gasteiger partial charge is 0.247 e. The van der Waals surface area contributed by atoms with E-state index < -0.39 is 20.8 Å². The molecule has 0 fully saturated rings. The Morgan fingerprint density at radius 2 is 2.00 bits per heavy atom. The quantitative estimate of drug-likeness (QED) is 0.833. The number of sulfonamides is 1. The van der Waals surface area contributed by atoms with Crippen molar-refractivity contribution in [3.05, 3.63) is 34.9 Å². The number of anilines is 1. The number of carbonyl (C=O) groups excluding carboxylic acids is 1. The molecule has 124 valence electrons. The number of aryl methyl sites for hydroxylation is 1. The van der Waals surface area contributed by atoms with Gasteiger partial charge in [-0.15, -0.1) is 11.3 Å². The molecule has 0 aliphatic carbocycles. The van der Waals surface area contributed by atoms with Crippen molar-refractivity contribution < 1.29 is 17.4 Å². The number of thiophene rings is 1. The van der Waals surface area contributed by atoms with E-state index >= 15 is 0 Å². The molecule has 1 atom stereocenters. The number of nitrogens with one attached hydrogen (secondary N) is 1. The van der Waals surface area contributed by atoms with Crippen molar-refractivity contribution in [3.63, 3.8) is 0 Å². The second kappa shape index (κ2) is 6.70. The van der Waals surface area contributed by atoms with Gasteiger partial charge in [0.05, 0.1) is 24.9 Å². The van der Waals surface area contributed by atoms with Crippen molar-refractivity contribution >= 4 is 55.4 Å². The van der Waals surface area contributed by atoms with Gasteiger partial charge in [-0.3, -0.25) is 4.79 Å². The summed E-state index contributed by atoms with van der Waals surface area (Å²) < 4.78 is 35.5. The minimum absolute atomic E-state index is 0.0661. The monoisotopic (exact) mass is 392 g/mol. The summed E-state index contributed by atoms with van der Waals surface area (Å²) in [5.41, 5.74) is 1.22. The molecule has 1 aromatic heterocycles. The number of halogens is 1. The molecule has 23 heavy (non-hydrogen) atoms. The molecule has 0 aliphatic heterocycles. The molecular weight excluding hydrogens is 380 g/mol. The van der Waals surface area contributed by atoms with E-state index in [2.05, 4.69) is 5.32 Å². The molecular formula is C13H13ClN2O4S3. The molecule has 1 heterocycles. The highest BCUT2D eigenvalue weighted by Gasteiger charge is 2.19. The van der Waals surface area contributed by atoms with Crippen molar-refractivity contribution in [3.8, 4) is 0 Å². The van der Waals surface area contributed by atoms with Crippen molar-refractivity contribution in [2.45, 2.75) is 27.2 Å². The fourth-order valence-corrected chi connectivity index (χ4v) is 5.55. The third-order valence-electron chi connectivity index (χ3n) is 2.81. The topological polar surface area (TPSA) is 106 Å². The molecule has 0 aliphatic rings. The summed E-state index contributed by atoms with van der Waals surface area (Å²) in [6, 6.07) is 5.85. The van der Waals surface area contributed by atoms with E-state index in [9.17, 15) is 17.4 Å². The zero-order valence-electron chi connectivity index (χ0n) is 12.1. The molecule has 0 spiro atoms. The van der Waals surface area contributed by atoms with Gasteiger partial charge < -0.3 is 5.32 Å². The Morgan fingerprint density at radius 3 is 2.52 bits per heavy atom. The molecule has 2 aromatic rings. The van der Waals surface area contributed by atoms with E-state index in [4.69, 9.17) is 16.7 Å². The minimum atomic E-state index is -3.83. The zero-order chi connectivity index (χ0) is 17.4. The standard InChI is InChI=1S/C13H13ClN2O4S3/c1-7-5-11(9(14)6-10(7)16-8(2)17)22(18)12-3-4-13(21-12)23(15,19)20/h3-6H,1-2H3,(H,16,17)(H2,15,19,20)/t22-/m1/s1. The van der Waals surface area contributed by atoms with Crippen LogP contribution in [0.4, 0.5) is 5.69 Å². The summed E-state index contributed by atoms with van der Waals surface area (Å²) in [7, 11) is -5.48. The fraction of sp³-hybridized carbons (Fsp3) is 0.154. The summed E-state index contributed by atoms with van der Waals surface area (Å²) in [5.74, 6) is -0.242. The zero-order valence-corrected chi connectivity index (χ0v) is 15.3. The number of amides is 1. The predicted molar refractivity (Wildman–Crippen MR) is 90.9 cm³/mol. The second-order valence-corrected chi connectivity index (χ2v) is 9.62. The number of primary sulfonamides is 1. The molecule has 6 nitrogen and oxygen atoms in total. The van der Waals surface area contributed by atoms with E-state index in [0.29, 0.717) is 20.4 Å². The molecule has 10 heteroatoms. The number of carbonyl (C=O) groups is 1. The van der Waals surface area contributed by atoms with Crippen LogP contribution in [0.25, 0.3) is 0 Å². The summed E-state index contributed by atoms with van der Waals surface area (Å²) in [6.07, 6.45) is 0. The molecule has 0 saturated heterocycles. The van der Waals surface area contributed by atoms with Gasteiger partial charge in [-0.1, -0.05) is 11.6 Å². The predicted octanol–water partition coefficient (Wildman–Crippen LogP) is 2.48. The Morgan fingerprint density at radius 1 is 1.35 bits per heavy atom. The number of rotatable bonds is 4. The van der Waals surface area contributed by atoms with Crippen molar-refractivity contribution in [1.29, 1.82) is 0 Å². The van der Waals surface area contributed by atoms with Gasteiger partial charge in [0.25, 0.3) is 0 Å². The number of benzene rings is 1. The van der Waals surface area contributed by atoms with Gasteiger partial charge in [-0.25, -0.2) is 17.8 Å². The van der Waals surface area contributed by atoms with Gasteiger partial charge in [0.1, 0.15) is 4.21 Å². The van der Waals surface area contributed by atoms with Gasteiger partial charge >= 0.3 is 0 Å². The Bertz CT molecular complexity index is 906. The maximum atomic E-state index is 12.6. The van der Waals surface area contributed by atoms with Gasteiger partial charge in [0.2, 0.25) is 15.9 Å². The van der Waals surface area contributed by atoms with Crippen LogP contribution in [-0.2, 0) is 25.6 Å². The van der Waals surface area contributed by atoms with Crippen LogP contribution in [-0.4, -0.2) is 18.5 Å². The van der Waals surface area contributed by atoms with Crippen LogP contribution in [0.1, 0.15) is 12.5 Å². The first-order valence-corrected chi connectivity index (χ1v) is 10.1. The molecule has 1 amide bonds. The van der Waals surface area contributed by atoms with Crippen LogP contribution < -0.4 is 10.5 Å². The number of nitrogens with two attached hydrogens (primary N) is 1. The lowest BCUT2D eigenvalue weighted by molar-refractivity contribution is -0.114. The largest absolute Gasteiger partial charge is 0.326 e. The van der Waals surface area contributed by atoms with Crippen LogP contribution in [0, 0.1) is 6.92 Å². The van der Waals surface area contributed by atoms with E-state index in [-0.39, 0.29) is 15.1 Å². The maximum Gasteiger partial charge on any atom is 0.247 e. The molecule has 2 rings (SSSR count). The van der Waals surface area contributed by atoms with Crippen LogP contribution in [0.2, 0.25) is 5.02 Å². The number of hydrogen-bond donors (Lipinski definition) is 2. The number of hydrogen-bond acceptors (Lipinski definition) is 5. The Hall–Kier alpha value is -1.26. The summed E-state index contributed by atoms with van der Waals surface area (Å²) in [4.78, 5) is 11.5. The maximum absolute atomic E-state index is 12.6. The third kappa shape index (κ3) is 4.18. The molecule has 1 aromatic carbocycles. The first-order chi connectivity index (χ1) is 10.6. The summed E-state index contributed by atoms with van der Waals surface area (Å²) in [5, 5.41) is 7.89. The van der Waals surface area contributed by atoms with Gasteiger partial charge in [-0.2, -0.15) is 0 Å². The van der Waals surface area contributed by atoms with Crippen LogP contribution >= 0.6 is 22.9 Å². The molecule has 0 unspecified atom stereocenters. The van der Waals surface area contributed by atoms with Crippen LogP contribution in [0.15, 0.2) is 37.6 Å². The molecule has 3 N–H and O–H groups in total. The SMILES string of the molecule is CC(=O)Nc1cc(Cl)c([S@@](=O)c2ccc(S(N)(=O)=O)s2)cc1C. The summed E-state index contributed by atoms with van der Waals surface area (Å²) >= 11 is 6.97. The second-order valence-electron chi connectivity index (χ2n) is 4.67. The highest BCUT2D eigenvalue weighted by molar-refractivity contribution is 7.92. The van der Waals surface area contributed by atoms with Crippen molar-refractivity contribution in [1.82, 2.24) is 0 Å². The van der Waals surface area contributed by atoms with E-state index in [0.717, 1.165) is 11.3 Å². The van der Waals surface area contributed by atoms with Crippen molar-refractivity contribution in [2.75, 3.05) is 5.32 Å². The van der Waals surface area contributed by atoms with Crippen LogP contribution in [0.5, 0.6) is 0 Å². The average Bonchev–Trinajstić information content (AvgIpc) is 2.91. The first kappa shape index (κ1) is 18.1. The highest BCUT2D eigenvalue weighted by atomic mass is 35.5. The normalized spacial score (nSPS) is 12.9. The van der Waals surface area contributed by atoms with Gasteiger partial charge in [-0.05, 0) is 36.8 Å². The average molecular weight is 393 g/mol. The fourth-order valence-electron chi connectivity index (χ4n) is 1.79. The molecule has 0 saturated carbocycles. The third-order valence-corrected chi connectivity index (χ3v) is 7.50. The Labute approximate surface area is 145 Å². The first-order valence-electron chi connectivity index (χ1n) is 6.21. The van der Waals surface area contributed by atoms with Crippen LogP contribution in [0.3, 0.4) is 0 Å². The van der Waals surface area contributed by atoms with Gasteiger partial charge in [0.15, 0.2) is 0 Å². The lowest BCUT2D eigenvalue weighted by atomic mass is 10.2. The van der Waals surface area contributed by atoms with Crippen molar-refractivity contribution in [2.24, 2.45) is 5.14 Å². The summed E-state index contributed by atoms with van der Waals surface area (Å²) in [6.45, 7) is 3.12. The lowest BCUT2D eigenvalue weighted by Crippen LogP contribution is -2.09.